The molecule has 0 atom stereocenters. The fourth-order valence-electron chi connectivity index (χ4n) is 1.49. The van der Waals surface area contributed by atoms with E-state index in [1.165, 1.54) is 32.1 Å². The predicted octanol–water partition coefficient (Wildman–Crippen LogP) is 3.20. The molecule has 0 spiro atoms. The first-order chi connectivity index (χ1) is 6.91. The summed E-state index contributed by atoms with van der Waals surface area (Å²) in [5.74, 6) is 0. The lowest BCUT2D eigenvalue weighted by atomic mass is 10.1. The Balaban J connectivity index is 2.84. The van der Waals surface area contributed by atoms with Crippen LogP contribution in [-0.2, 0) is 9.59 Å². The Morgan fingerprint density at radius 1 is 0.786 bits per heavy atom. The molecule has 1 radical (unpaired) electrons. The van der Waals surface area contributed by atoms with Crippen molar-refractivity contribution in [1.29, 1.82) is 0 Å². The van der Waals surface area contributed by atoms with Crippen molar-refractivity contribution < 1.29 is 9.59 Å². The van der Waals surface area contributed by atoms with E-state index in [2.05, 4.69) is 0 Å². The van der Waals surface area contributed by atoms with Gasteiger partial charge in [0.15, 0.2) is 6.29 Å². The molecule has 14 heavy (non-hydrogen) atoms. The number of aldehydes is 1. The van der Waals surface area contributed by atoms with Crippen molar-refractivity contribution in [2.45, 2.75) is 64.2 Å². The quantitative estimate of drug-likeness (QED) is 0.376. The molecule has 2 nitrogen and oxygen atoms in total. The Labute approximate surface area is 87.1 Å². The summed E-state index contributed by atoms with van der Waals surface area (Å²) in [6, 6.07) is 0. The van der Waals surface area contributed by atoms with Gasteiger partial charge in [-0.2, -0.15) is 0 Å². The molecule has 0 rings (SSSR count). The third-order valence-electron chi connectivity index (χ3n) is 2.35. The van der Waals surface area contributed by atoms with E-state index in [-0.39, 0.29) is 0 Å². The van der Waals surface area contributed by atoms with Crippen LogP contribution in [0.3, 0.4) is 0 Å². The molecule has 0 N–H and O–H groups in total. The lowest BCUT2D eigenvalue weighted by Crippen LogP contribution is -1.82. The van der Waals surface area contributed by atoms with Crippen molar-refractivity contribution in [1.82, 2.24) is 0 Å². The summed E-state index contributed by atoms with van der Waals surface area (Å²) < 4.78 is 0. The normalized spacial score (nSPS) is 10.0. The highest BCUT2D eigenvalue weighted by Gasteiger charge is 1.92. The van der Waals surface area contributed by atoms with Crippen molar-refractivity contribution in [3.8, 4) is 0 Å². The van der Waals surface area contributed by atoms with E-state index in [0.717, 1.165) is 32.0 Å². The van der Waals surface area contributed by atoms with Crippen LogP contribution in [0.1, 0.15) is 64.2 Å². The van der Waals surface area contributed by atoms with Crippen molar-refractivity contribution in [3.05, 3.63) is 0 Å². The van der Waals surface area contributed by atoms with Gasteiger partial charge in [0, 0.05) is 12.8 Å². The smallest absolute Gasteiger partial charge is 0.198 e. The first-order valence-electron chi connectivity index (χ1n) is 5.70. The third-order valence-corrected chi connectivity index (χ3v) is 2.35. The van der Waals surface area contributed by atoms with E-state index in [1.807, 2.05) is 6.29 Å². The molecule has 0 aromatic heterocycles. The van der Waals surface area contributed by atoms with Crippen molar-refractivity contribution in [2.75, 3.05) is 0 Å². The van der Waals surface area contributed by atoms with E-state index in [4.69, 9.17) is 0 Å². The molecule has 0 heterocycles. The molecule has 0 aliphatic rings. The lowest BCUT2D eigenvalue weighted by Gasteiger charge is -1.99. The maximum atomic E-state index is 10.0. The molecule has 0 fully saturated rings. The van der Waals surface area contributed by atoms with Gasteiger partial charge in [-0.1, -0.05) is 38.5 Å². The summed E-state index contributed by atoms with van der Waals surface area (Å²) in [5, 5.41) is 0. The van der Waals surface area contributed by atoms with E-state index in [9.17, 15) is 9.59 Å². The molecule has 0 aromatic carbocycles. The fraction of sp³-hybridized carbons (Fsp3) is 0.833. The van der Waals surface area contributed by atoms with Gasteiger partial charge in [0.1, 0.15) is 6.29 Å². The molecule has 0 aliphatic heterocycles. The fourth-order valence-corrected chi connectivity index (χ4v) is 1.49. The van der Waals surface area contributed by atoms with Crippen LogP contribution in [0.25, 0.3) is 0 Å². The third kappa shape index (κ3) is 11.3. The van der Waals surface area contributed by atoms with Gasteiger partial charge in [0.05, 0.1) is 0 Å². The molecule has 0 aromatic rings. The molecule has 81 valence electrons. The first-order valence-corrected chi connectivity index (χ1v) is 5.70. The minimum absolute atomic E-state index is 0.597. The van der Waals surface area contributed by atoms with Crippen molar-refractivity contribution >= 4 is 12.6 Å². The Bertz CT molecular complexity index is 116. The highest BCUT2D eigenvalue weighted by molar-refractivity contribution is 5.50. The summed E-state index contributed by atoms with van der Waals surface area (Å²) in [6.07, 6.45) is 13.6. The zero-order valence-corrected chi connectivity index (χ0v) is 8.96. The van der Waals surface area contributed by atoms with Gasteiger partial charge in [-0.05, 0) is 12.8 Å². The summed E-state index contributed by atoms with van der Waals surface area (Å²) in [4.78, 5) is 19.9. The lowest BCUT2D eigenvalue weighted by molar-refractivity contribution is -0.107. The SMILES string of the molecule is O=[C]CCCCCCCCCCC=O. The summed E-state index contributed by atoms with van der Waals surface area (Å²) in [5.41, 5.74) is 0. The monoisotopic (exact) mass is 197 g/mol. The Kier molecular flexibility index (Phi) is 11.8. The Morgan fingerprint density at radius 3 is 1.79 bits per heavy atom. The van der Waals surface area contributed by atoms with E-state index < -0.39 is 0 Å². The number of carbonyl (C=O) groups excluding carboxylic acids is 2. The van der Waals surface area contributed by atoms with Crippen LogP contribution in [0.15, 0.2) is 0 Å². The predicted molar refractivity (Wildman–Crippen MR) is 57.9 cm³/mol. The van der Waals surface area contributed by atoms with Crippen molar-refractivity contribution in [2.24, 2.45) is 0 Å². The van der Waals surface area contributed by atoms with E-state index in [1.54, 1.807) is 0 Å². The van der Waals surface area contributed by atoms with Crippen LogP contribution in [0.4, 0.5) is 0 Å². The van der Waals surface area contributed by atoms with Crippen molar-refractivity contribution in [3.63, 3.8) is 0 Å². The standard InChI is InChI=1S/C12H21O2/c13-11-9-7-5-3-1-2-4-6-8-10-12-14/h11H,1-10H2. The van der Waals surface area contributed by atoms with Crippen LogP contribution in [0, 0.1) is 0 Å². The molecule has 0 bridgehead atoms. The van der Waals surface area contributed by atoms with Gasteiger partial charge < -0.3 is 4.79 Å². The minimum atomic E-state index is 0.597. The highest BCUT2D eigenvalue weighted by Crippen LogP contribution is 2.09. The Hall–Kier alpha value is -0.660. The van der Waals surface area contributed by atoms with E-state index >= 15 is 0 Å². The van der Waals surface area contributed by atoms with Gasteiger partial charge >= 0.3 is 0 Å². The Morgan fingerprint density at radius 2 is 1.29 bits per heavy atom. The molecular weight excluding hydrogens is 176 g/mol. The average molecular weight is 197 g/mol. The average Bonchev–Trinajstić information content (AvgIpc) is 2.21. The van der Waals surface area contributed by atoms with Gasteiger partial charge in [-0.3, -0.25) is 4.79 Å². The number of carbonyl (C=O) groups is 1. The zero-order chi connectivity index (χ0) is 10.5. The number of unbranched alkanes of at least 4 members (excludes halogenated alkanes) is 9. The van der Waals surface area contributed by atoms with E-state index in [0.29, 0.717) is 6.42 Å². The maximum Gasteiger partial charge on any atom is 0.198 e. The van der Waals surface area contributed by atoms with Crippen LogP contribution in [-0.4, -0.2) is 12.6 Å². The zero-order valence-electron chi connectivity index (χ0n) is 8.96. The second-order valence-electron chi connectivity index (χ2n) is 3.68. The van der Waals surface area contributed by atoms with Crippen LogP contribution in [0.2, 0.25) is 0 Å². The molecule has 0 saturated heterocycles. The number of hydrogen-bond acceptors (Lipinski definition) is 2. The molecule has 0 aliphatic carbocycles. The van der Waals surface area contributed by atoms with Crippen LogP contribution in [0.5, 0.6) is 0 Å². The van der Waals surface area contributed by atoms with Gasteiger partial charge in [-0.15, -0.1) is 0 Å². The van der Waals surface area contributed by atoms with Crippen LogP contribution < -0.4 is 0 Å². The molecule has 0 saturated carbocycles. The molecular formula is C12H21O2. The molecule has 0 amide bonds. The second kappa shape index (κ2) is 12.3. The first kappa shape index (κ1) is 13.3. The summed E-state index contributed by atoms with van der Waals surface area (Å²) in [7, 11) is 0. The second-order valence-corrected chi connectivity index (χ2v) is 3.68. The largest absolute Gasteiger partial charge is 0.303 e. The summed E-state index contributed by atoms with van der Waals surface area (Å²) in [6.45, 7) is 0. The summed E-state index contributed by atoms with van der Waals surface area (Å²) >= 11 is 0. The van der Waals surface area contributed by atoms with Gasteiger partial charge in [-0.25, -0.2) is 0 Å². The number of rotatable bonds is 11. The maximum absolute atomic E-state index is 10.0. The van der Waals surface area contributed by atoms with Crippen LogP contribution >= 0.6 is 0 Å². The number of hydrogen-bond donors (Lipinski definition) is 0. The minimum Gasteiger partial charge on any atom is -0.303 e. The topological polar surface area (TPSA) is 34.1 Å². The molecule has 2 heteroatoms. The van der Waals surface area contributed by atoms with Gasteiger partial charge in [0.2, 0.25) is 0 Å². The van der Waals surface area contributed by atoms with Gasteiger partial charge in [0.25, 0.3) is 0 Å². The molecule has 0 unspecified atom stereocenters. The highest BCUT2D eigenvalue weighted by atomic mass is 16.1.